The zero-order valence-corrected chi connectivity index (χ0v) is 19.9. The number of nitriles is 1. The highest BCUT2D eigenvalue weighted by Gasteiger charge is 2.27. The first-order valence-electron chi connectivity index (χ1n) is 10.3. The lowest BCUT2D eigenvalue weighted by atomic mass is 9.91. The Hall–Kier alpha value is -2.72. The van der Waals surface area contributed by atoms with Crippen LogP contribution in [0.25, 0.3) is 11.1 Å². The summed E-state index contributed by atoms with van der Waals surface area (Å²) in [4.78, 5) is 7.20. The van der Waals surface area contributed by atoms with Gasteiger partial charge in [-0.3, -0.25) is 0 Å². The molecule has 0 aliphatic carbocycles. The molecule has 0 N–H and O–H groups in total. The van der Waals surface area contributed by atoms with Crippen molar-refractivity contribution in [1.29, 1.82) is 5.26 Å². The minimum absolute atomic E-state index is 0.574. The van der Waals surface area contributed by atoms with Crippen LogP contribution in [0.3, 0.4) is 0 Å². The van der Waals surface area contributed by atoms with Crippen molar-refractivity contribution in [1.82, 2.24) is 9.88 Å². The number of likely N-dealkylation sites (N-methyl/N-ethyl adjacent to an activating group) is 1. The number of ether oxygens (including phenoxy) is 2. The maximum atomic E-state index is 10.2. The Morgan fingerprint density at radius 1 is 1.16 bits per heavy atom. The van der Waals surface area contributed by atoms with Crippen LogP contribution in [0.1, 0.15) is 22.4 Å². The second kappa shape index (κ2) is 9.83. The highest BCUT2D eigenvalue weighted by Crippen LogP contribution is 2.42. The van der Waals surface area contributed by atoms with Crippen LogP contribution in [0.15, 0.2) is 47.5 Å². The van der Waals surface area contributed by atoms with Crippen molar-refractivity contribution in [2.45, 2.75) is 23.7 Å². The van der Waals surface area contributed by atoms with Gasteiger partial charge in [0.2, 0.25) is 0 Å². The fourth-order valence-electron chi connectivity index (χ4n) is 3.92. The number of benzene rings is 2. The van der Waals surface area contributed by atoms with Gasteiger partial charge < -0.3 is 14.4 Å². The lowest BCUT2D eigenvalue weighted by molar-refractivity contribution is 0.309. The van der Waals surface area contributed by atoms with Crippen molar-refractivity contribution >= 4 is 23.4 Å². The quantitative estimate of drug-likeness (QED) is 0.443. The van der Waals surface area contributed by atoms with Gasteiger partial charge >= 0.3 is 0 Å². The van der Waals surface area contributed by atoms with Crippen LogP contribution in [0.2, 0.25) is 5.02 Å². The van der Waals surface area contributed by atoms with Gasteiger partial charge in [-0.25, -0.2) is 4.98 Å². The number of hydrogen-bond donors (Lipinski definition) is 0. The van der Waals surface area contributed by atoms with E-state index < -0.39 is 0 Å². The molecule has 0 bridgehead atoms. The minimum atomic E-state index is 0.574. The second-order valence-corrected chi connectivity index (χ2v) is 9.07. The summed E-state index contributed by atoms with van der Waals surface area (Å²) in [6.45, 7) is 1.66. The molecule has 1 aromatic heterocycles. The third-order valence-corrected chi connectivity index (χ3v) is 6.88. The van der Waals surface area contributed by atoms with Gasteiger partial charge in [-0.1, -0.05) is 23.7 Å². The largest absolute Gasteiger partial charge is 0.497 e. The van der Waals surface area contributed by atoms with E-state index in [4.69, 9.17) is 26.1 Å². The van der Waals surface area contributed by atoms with Crippen molar-refractivity contribution in [3.05, 3.63) is 69.9 Å². The summed E-state index contributed by atoms with van der Waals surface area (Å²) < 4.78 is 11.2. The summed E-state index contributed by atoms with van der Waals surface area (Å²) in [5, 5.41) is 11.7. The molecule has 4 rings (SSSR count). The van der Waals surface area contributed by atoms with Crippen LogP contribution in [0.4, 0.5) is 0 Å². The molecule has 0 fully saturated rings. The topological polar surface area (TPSA) is 58.4 Å². The predicted molar refractivity (Wildman–Crippen MR) is 129 cm³/mol. The fraction of sp³-hybridized carbons (Fsp3) is 0.280. The Morgan fingerprint density at radius 3 is 2.62 bits per heavy atom. The Labute approximate surface area is 197 Å². The molecular weight excluding hydrogens is 442 g/mol. The molecule has 7 heteroatoms. The zero-order valence-electron chi connectivity index (χ0n) is 18.3. The molecule has 32 heavy (non-hydrogen) atoms. The van der Waals surface area contributed by atoms with Crippen molar-refractivity contribution < 1.29 is 9.47 Å². The lowest BCUT2D eigenvalue weighted by Gasteiger charge is -2.28. The Kier molecular flexibility index (Phi) is 6.90. The summed E-state index contributed by atoms with van der Waals surface area (Å²) >= 11 is 7.60. The van der Waals surface area contributed by atoms with Gasteiger partial charge in [0.1, 0.15) is 22.6 Å². The molecule has 5 nitrogen and oxygen atoms in total. The van der Waals surface area contributed by atoms with E-state index in [2.05, 4.69) is 18.0 Å². The van der Waals surface area contributed by atoms with Crippen LogP contribution < -0.4 is 9.47 Å². The van der Waals surface area contributed by atoms with E-state index in [1.807, 2.05) is 42.5 Å². The molecule has 0 radical (unpaired) electrons. The minimum Gasteiger partial charge on any atom is -0.497 e. The Morgan fingerprint density at radius 2 is 1.94 bits per heavy atom. The lowest BCUT2D eigenvalue weighted by Crippen LogP contribution is -2.28. The summed E-state index contributed by atoms with van der Waals surface area (Å²) in [6.07, 6.45) is 0.839. The summed E-state index contributed by atoms with van der Waals surface area (Å²) in [7, 11) is 5.37. The number of pyridine rings is 1. The molecular formula is C25H24ClN3O2S. The van der Waals surface area contributed by atoms with Gasteiger partial charge in [0.05, 0.1) is 19.8 Å². The van der Waals surface area contributed by atoms with Crippen molar-refractivity contribution in [3.63, 3.8) is 0 Å². The number of methoxy groups -OCH3 is 2. The van der Waals surface area contributed by atoms with E-state index in [1.165, 1.54) is 0 Å². The van der Waals surface area contributed by atoms with Gasteiger partial charge in [-0.05, 0) is 48.5 Å². The maximum Gasteiger partial charge on any atom is 0.127 e. The van der Waals surface area contributed by atoms with Gasteiger partial charge in [-0.2, -0.15) is 5.26 Å². The average Bonchev–Trinajstić information content (AvgIpc) is 2.82. The molecule has 0 unspecified atom stereocenters. The molecule has 164 valence electrons. The van der Waals surface area contributed by atoms with Gasteiger partial charge in [0.15, 0.2) is 0 Å². The van der Waals surface area contributed by atoms with E-state index in [0.717, 1.165) is 58.2 Å². The molecule has 0 saturated heterocycles. The first kappa shape index (κ1) is 22.5. The van der Waals surface area contributed by atoms with Crippen molar-refractivity contribution in [2.75, 3.05) is 27.8 Å². The van der Waals surface area contributed by atoms with E-state index in [-0.39, 0.29) is 0 Å². The van der Waals surface area contributed by atoms with Gasteiger partial charge in [0, 0.05) is 47.1 Å². The molecule has 0 atom stereocenters. The molecule has 0 saturated carbocycles. The van der Waals surface area contributed by atoms with Crippen LogP contribution >= 0.6 is 23.4 Å². The Bertz CT molecular complexity index is 1180. The van der Waals surface area contributed by atoms with Gasteiger partial charge in [-0.15, -0.1) is 11.8 Å². The number of halogens is 1. The highest BCUT2D eigenvalue weighted by atomic mass is 35.5. The molecule has 1 aliphatic heterocycles. The van der Waals surface area contributed by atoms with Crippen molar-refractivity contribution in [3.8, 4) is 28.7 Å². The standard InChI is InChI=1S/C25H24ClN3O2S/c1-29-11-10-22-21(14-29)24(19-12-18(30-2)8-9-23(19)31-3)20(13-27)25(28-22)32-15-16-4-6-17(26)7-5-16/h4-9,12H,10-11,14-15H2,1-3H3. The number of thioether (sulfide) groups is 1. The van der Waals surface area contributed by atoms with E-state index in [9.17, 15) is 5.26 Å². The normalized spacial score (nSPS) is 13.3. The third kappa shape index (κ3) is 4.56. The van der Waals surface area contributed by atoms with Crippen LogP contribution in [-0.4, -0.2) is 37.7 Å². The predicted octanol–water partition coefficient (Wildman–Crippen LogP) is 5.57. The fourth-order valence-corrected chi connectivity index (χ4v) is 5.01. The number of aromatic nitrogens is 1. The van der Waals surface area contributed by atoms with Crippen LogP contribution in [-0.2, 0) is 18.7 Å². The van der Waals surface area contributed by atoms with Crippen LogP contribution in [0, 0.1) is 11.3 Å². The molecule has 1 aliphatic rings. The van der Waals surface area contributed by atoms with E-state index in [1.54, 1.807) is 26.0 Å². The summed E-state index contributed by atoms with van der Waals surface area (Å²) in [5.74, 6) is 2.12. The zero-order chi connectivity index (χ0) is 22.7. The van der Waals surface area contributed by atoms with E-state index >= 15 is 0 Å². The second-order valence-electron chi connectivity index (χ2n) is 7.67. The van der Waals surface area contributed by atoms with Crippen LogP contribution in [0.5, 0.6) is 11.5 Å². The summed E-state index contributed by atoms with van der Waals surface area (Å²) in [5.41, 5.74) is 5.56. The molecule has 0 amide bonds. The van der Waals surface area contributed by atoms with Crippen molar-refractivity contribution in [2.24, 2.45) is 0 Å². The molecule has 0 spiro atoms. The SMILES string of the molecule is COc1ccc(OC)c(-c2c(C#N)c(SCc3ccc(Cl)cc3)nc3c2CN(C)CC3)c1. The average molecular weight is 466 g/mol. The number of fused-ring (bicyclic) bond motifs is 1. The monoisotopic (exact) mass is 465 g/mol. The number of nitrogens with zero attached hydrogens (tertiary/aromatic N) is 3. The maximum absolute atomic E-state index is 10.2. The van der Waals surface area contributed by atoms with E-state index in [0.29, 0.717) is 22.1 Å². The molecule has 3 aromatic rings. The highest BCUT2D eigenvalue weighted by molar-refractivity contribution is 7.98. The molecule has 2 heterocycles. The number of hydrogen-bond acceptors (Lipinski definition) is 6. The van der Waals surface area contributed by atoms with Gasteiger partial charge in [0.25, 0.3) is 0 Å². The third-order valence-electron chi connectivity index (χ3n) is 5.59. The Balaban J connectivity index is 1.87. The summed E-state index contributed by atoms with van der Waals surface area (Å²) in [6, 6.07) is 15.9. The number of rotatable bonds is 6. The first-order valence-corrected chi connectivity index (χ1v) is 11.6. The molecule has 2 aromatic carbocycles. The smallest absolute Gasteiger partial charge is 0.127 e. The first-order chi connectivity index (χ1) is 15.5.